The molecule has 0 bridgehead atoms. The van der Waals surface area contributed by atoms with Crippen molar-refractivity contribution >= 4 is 21.8 Å². The van der Waals surface area contributed by atoms with Crippen LogP contribution >= 0.6 is 0 Å². The third kappa shape index (κ3) is 5.26. The maximum Gasteiger partial charge on any atom is 0.0784 e. The first-order valence-electron chi connectivity index (χ1n) is 13.5. The number of aryl methyl sites for hydroxylation is 1. The van der Waals surface area contributed by atoms with E-state index >= 15 is 0 Å². The van der Waals surface area contributed by atoms with Crippen molar-refractivity contribution in [2.45, 2.75) is 51.2 Å². The quantitative estimate of drug-likeness (QED) is 0.237. The SMILES string of the molecule is c1cncc(CNCCCCN(Cc2nccc3c2[nH]c2ccccc23)C2CCCc3cccnc32)c1. The molecule has 6 nitrogen and oxygen atoms in total. The fourth-order valence-electron chi connectivity index (χ4n) is 5.73. The summed E-state index contributed by atoms with van der Waals surface area (Å²) in [5.74, 6) is 0. The molecule has 1 aliphatic rings. The van der Waals surface area contributed by atoms with Crippen molar-refractivity contribution in [3.8, 4) is 0 Å². The lowest BCUT2D eigenvalue weighted by molar-refractivity contribution is 0.161. The number of nitrogens with zero attached hydrogens (tertiary/aromatic N) is 4. The highest BCUT2D eigenvalue weighted by atomic mass is 15.2. The molecule has 0 radical (unpaired) electrons. The van der Waals surface area contributed by atoms with Crippen molar-refractivity contribution in [2.24, 2.45) is 0 Å². The van der Waals surface area contributed by atoms with Crippen LogP contribution in [0, 0.1) is 0 Å². The Bertz CT molecular complexity index is 1460. The average Bonchev–Trinajstić information content (AvgIpc) is 3.34. The zero-order chi connectivity index (χ0) is 24.9. The van der Waals surface area contributed by atoms with Crippen LogP contribution in [0.15, 0.2) is 79.4 Å². The van der Waals surface area contributed by atoms with Gasteiger partial charge in [0, 0.05) is 54.2 Å². The number of rotatable bonds is 10. The van der Waals surface area contributed by atoms with Crippen LogP contribution in [0.2, 0.25) is 0 Å². The molecule has 6 heteroatoms. The minimum atomic E-state index is 0.328. The van der Waals surface area contributed by atoms with Gasteiger partial charge >= 0.3 is 0 Å². The Morgan fingerprint density at radius 3 is 2.81 bits per heavy atom. The molecule has 4 heterocycles. The summed E-state index contributed by atoms with van der Waals surface area (Å²) in [6.07, 6.45) is 13.4. The first-order valence-corrected chi connectivity index (χ1v) is 13.5. The summed E-state index contributed by atoms with van der Waals surface area (Å²) in [5, 5.41) is 6.08. The van der Waals surface area contributed by atoms with Crippen LogP contribution in [-0.4, -0.2) is 37.9 Å². The molecule has 6 rings (SSSR count). The van der Waals surface area contributed by atoms with Crippen LogP contribution in [0.5, 0.6) is 0 Å². The largest absolute Gasteiger partial charge is 0.353 e. The zero-order valence-electron chi connectivity index (χ0n) is 21.2. The van der Waals surface area contributed by atoms with E-state index in [1.54, 1.807) is 0 Å². The van der Waals surface area contributed by atoms with Crippen molar-refractivity contribution in [2.75, 3.05) is 13.1 Å². The molecule has 0 aliphatic heterocycles. The van der Waals surface area contributed by atoms with E-state index in [1.807, 2.05) is 30.9 Å². The fraction of sp³-hybridized carbons (Fsp3) is 0.323. The zero-order valence-corrected chi connectivity index (χ0v) is 21.2. The van der Waals surface area contributed by atoms with Gasteiger partial charge in [0.2, 0.25) is 0 Å². The summed E-state index contributed by atoms with van der Waals surface area (Å²) in [6.45, 7) is 3.70. The molecular weight excluding hydrogens is 456 g/mol. The molecule has 1 aliphatic carbocycles. The van der Waals surface area contributed by atoms with Crippen molar-refractivity contribution in [3.63, 3.8) is 0 Å². The molecule has 1 atom stereocenters. The van der Waals surface area contributed by atoms with Crippen LogP contribution in [-0.2, 0) is 19.5 Å². The van der Waals surface area contributed by atoms with Gasteiger partial charge < -0.3 is 10.3 Å². The number of aromatic nitrogens is 4. The van der Waals surface area contributed by atoms with Gasteiger partial charge in [0.25, 0.3) is 0 Å². The number of unbranched alkanes of at least 4 members (excludes halogenated alkanes) is 1. The number of aromatic amines is 1. The lowest BCUT2D eigenvalue weighted by atomic mass is 9.90. The number of pyridine rings is 3. The molecule has 1 unspecified atom stereocenters. The molecule has 37 heavy (non-hydrogen) atoms. The van der Waals surface area contributed by atoms with Gasteiger partial charge in [-0.15, -0.1) is 0 Å². The summed E-state index contributed by atoms with van der Waals surface area (Å²) in [5.41, 5.74) is 7.33. The summed E-state index contributed by atoms with van der Waals surface area (Å²) in [4.78, 5) is 20.2. The Morgan fingerprint density at radius 1 is 0.919 bits per heavy atom. The van der Waals surface area contributed by atoms with Gasteiger partial charge in [0.05, 0.1) is 22.9 Å². The average molecular weight is 491 g/mol. The van der Waals surface area contributed by atoms with Gasteiger partial charge in [-0.3, -0.25) is 19.9 Å². The van der Waals surface area contributed by atoms with Crippen LogP contribution in [0.4, 0.5) is 0 Å². The lowest BCUT2D eigenvalue weighted by Gasteiger charge is -2.35. The number of fused-ring (bicyclic) bond motifs is 4. The maximum atomic E-state index is 4.87. The van der Waals surface area contributed by atoms with Crippen LogP contribution in [0.1, 0.15) is 54.2 Å². The second-order valence-electron chi connectivity index (χ2n) is 10.0. The van der Waals surface area contributed by atoms with E-state index in [0.29, 0.717) is 6.04 Å². The highest BCUT2D eigenvalue weighted by Crippen LogP contribution is 2.35. The van der Waals surface area contributed by atoms with Gasteiger partial charge in [0.1, 0.15) is 0 Å². The highest BCUT2D eigenvalue weighted by molar-refractivity contribution is 6.07. The summed E-state index contributed by atoms with van der Waals surface area (Å²) >= 11 is 0. The van der Waals surface area contributed by atoms with Gasteiger partial charge in [0.15, 0.2) is 0 Å². The number of hydrogen-bond acceptors (Lipinski definition) is 5. The number of benzene rings is 1. The standard InChI is InChI=1S/C31H34N6/c1-2-12-27-25(11-1)26-14-18-34-28(31(26)36-27)22-37(29-13-5-9-24-10-7-17-35-30(24)29)19-4-3-15-32-20-23-8-6-16-33-21-23/h1-2,6-8,10-12,14,16-18,21,29,32,36H,3-5,9,13,15,19-20,22H2. The Morgan fingerprint density at radius 2 is 1.86 bits per heavy atom. The van der Waals surface area contributed by atoms with Gasteiger partial charge in [-0.1, -0.05) is 30.3 Å². The first-order chi connectivity index (χ1) is 18.4. The Balaban J connectivity index is 1.20. The van der Waals surface area contributed by atoms with Crippen molar-refractivity contribution in [1.82, 2.24) is 30.2 Å². The number of nitrogens with one attached hydrogen (secondary N) is 2. The molecule has 0 saturated carbocycles. The Hall–Kier alpha value is -3.61. The number of hydrogen-bond donors (Lipinski definition) is 2. The van der Waals surface area contributed by atoms with Gasteiger partial charge in [-0.25, -0.2) is 0 Å². The maximum absolute atomic E-state index is 4.87. The third-order valence-corrected chi connectivity index (χ3v) is 7.57. The summed E-state index contributed by atoms with van der Waals surface area (Å²) < 4.78 is 0. The van der Waals surface area contributed by atoms with E-state index in [0.717, 1.165) is 63.1 Å². The van der Waals surface area contributed by atoms with Gasteiger partial charge in [-0.05, 0) is 80.6 Å². The molecule has 1 aromatic carbocycles. The molecule has 188 valence electrons. The number of para-hydroxylation sites is 1. The fourth-order valence-corrected chi connectivity index (χ4v) is 5.73. The molecule has 0 fully saturated rings. The monoisotopic (exact) mass is 490 g/mol. The van der Waals surface area contributed by atoms with E-state index in [1.165, 1.54) is 39.5 Å². The molecule has 0 amide bonds. The van der Waals surface area contributed by atoms with Crippen LogP contribution in [0.25, 0.3) is 21.8 Å². The molecular formula is C31H34N6. The molecule has 2 N–H and O–H groups in total. The highest BCUT2D eigenvalue weighted by Gasteiger charge is 2.28. The number of H-pyrrole nitrogens is 1. The topological polar surface area (TPSA) is 69.7 Å². The Labute approximate surface area is 218 Å². The predicted octanol–water partition coefficient (Wildman–Crippen LogP) is 5.96. The van der Waals surface area contributed by atoms with E-state index in [9.17, 15) is 0 Å². The van der Waals surface area contributed by atoms with Crippen LogP contribution in [0.3, 0.4) is 0 Å². The smallest absolute Gasteiger partial charge is 0.0784 e. The van der Waals surface area contributed by atoms with E-state index in [2.05, 4.69) is 68.7 Å². The van der Waals surface area contributed by atoms with Crippen molar-refractivity contribution < 1.29 is 0 Å². The van der Waals surface area contributed by atoms with E-state index in [-0.39, 0.29) is 0 Å². The third-order valence-electron chi connectivity index (χ3n) is 7.57. The Kier molecular flexibility index (Phi) is 7.19. The van der Waals surface area contributed by atoms with E-state index in [4.69, 9.17) is 9.97 Å². The molecule has 0 saturated heterocycles. The molecule has 5 aromatic rings. The molecule has 0 spiro atoms. The minimum absolute atomic E-state index is 0.328. The second kappa shape index (κ2) is 11.2. The second-order valence-corrected chi connectivity index (χ2v) is 10.0. The summed E-state index contributed by atoms with van der Waals surface area (Å²) in [7, 11) is 0. The predicted molar refractivity (Wildman–Crippen MR) is 149 cm³/mol. The van der Waals surface area contributed by atoms with Crippen molar-refractivity contribution in [1.29, 1.82) is 0 Å². The van der Waals surface area contributed by atoms with Crippen LogP contribution < -0.4 is 5.32 Å². The molecule has 4 aromatic heterocycles. The van der Waals surface area contributed by atoms with E-state index < -0.39 is 0 Å². The first kappa shape index (κ1) is 23.8. The minimum Gasteiger partial charge on any atom is -0.353 e. The lowest BCUT2D eigenvalue weighted by Crippen LogP contribution is -2.33. The van der Waals surface area contributed by atoms with Crippen molar-refractivity contribution in [3.05, 3.63) is 102 Å². The van der Waals surface area contributed by atoms with Gasteiger partial charge in [-0.2, -0.15) is 0 Å². The summed E-state index contributed by atoms with van der Waals surface area (Å²) in [6, 6.07) is 19.4. The normalized spacial score (nSPS) is 15.4.